The van der Waals surface area contributed by atoms with Gasteiger partial charge < -0.3 is 5.32 Å². The van der Waals surface area contributed by atoms with E-state index < -0.39 is 0 Å². The van der Waals surface area contributed by atoms with Crippen LogP contribution in [0.1, 0.15) is 5.82 Å². The summed E-state index contributed by atoms with van der Waals surface area (Å²) in [6.07, 6.45) is 0. The fourth-order valence-corrected chi connectivity index (χ4v) is 2.98. The van der Waals surface area contributed by atoms with Crippen LogP contribution in [0.4, 0.5) is 11.4 Å². The Balaban J connectivity index is 2.02. The third-order valence-corrected chi connectivity index (χ3v) is 4.22. The predicted octanol–water partition coefficient (Wildman–Crippen LogP) is 5.24. The van der Waals surface area contributed by atoms with Gasteiger partial charge in [0.25, 0.3) is 0 Å². The molecule has 0 aliphatic rings. The van der Waals surface area contributed by atoms with E-state index in [0.29, 0.717) is 0 Å². The topological polar surface area (TPSA) is 29.9 Å². The fraction of sp³-hybridized carbons (Fsp3) is 0.0556. The Morgan fingerprint density at radius 1 is 1.00 bits per heavy atom. The largest absolute Gasteiger partial charge is 0.354 e. The smallest absolute Gasteiger partial charge is 0.122 e. The predicted molar refractivity (Wildman–Crippen MR) is 93.0 cm³/mol. The van der Waals surface area contributed by atoms with Gasteiger partial charge in [-0.1, -0.05) is 42.5 Å². The van der Waals surface area contributed by atoms with Gasteiger partial charge in [-0.3, -0.25) is 0 Å². The van der Waals surface area contributed by atoms with E-state index in [9.17, 15) is 0 Å². The molecule has 1 aromatic heterocycles. The zero-order chi connectivity index (χ0) is 15.1. The molecule has 0 spiro atoms. The van der Waals surface area contributed by atoms with E-state index in [1.165, 1.54) is 0 Å². The number of anilines is 2. The third-order valence-electron chi connectivity index (χ3n) is 3.80. The van der Waals surface area contributed by atoms with E-state index in [1.54, 1.807) is 4.09 Å². The summed E-state index contributed by atoms with van der Waals surface area (Å²) in [5.41, 5.74) is 3.81. The molecule has 0 aliphatic carbocycles. The van der Waals surface area contributed by atoms with Crippen molar-refractivity contribution in [2.45, 2.75) is 6.92 Å². The molecule has 0 saturated carbocycles. The summed E-state index contributed by atoms with van der Waals surface area (Å²) in [6, 6.07) is 20.4. The molecule has 4 heteroatoms. The van der Waals surface area contributed by atoms with E-state index in [0.717, 1.165) is 39.0 Å². The molecule has 0 amide bonds. The maximum atomic E-state index is 6.42. The summed E-state index contributed by atoms with van der Waals surface area (Å²) in [5.74, 6) is 0.782. The summed E-state index contributed by atoms with van der Waals surface area (Å²) in [6.45, 7) is 1.91. The van der Waals surface area contributed by atoms with Gasteiger partial charge in [-0.05, 0) is 30.5 Å². The van der Waals surface area contributed by atoms with Crippen LogP contribution in [0.15, 0.2) is 60.7 Å². The van der Waals surface area contributed by atoms with Crippen LogP contribution < -0.4 is 5.32 Å². The first-order valence-corrected chi connectivity index (χ1v) is 7.47. The van der Waals surface area contributed by atoms with Gasteiger partial charge in [0, 0.05) is 22.9 Å². The highest BCUT2D eigenvalue weighted by Crippen LogP contribution is 2.34. The van der Waals surface area contributed by atoms with Crippen molar-refractivity contribution in [3.63, 3.8) is 0 Å². The molecule has 0 fully saturated rings. The molecule has 22 heavy (non-hydrogen) atoms. The lowest BCUT2D eigenvalue weighted by atomic mass is 10.1. The number of aromatic nitrogens is 2. The molecule has 4 aromatic rings. The van der Waals surface area contributed by atoms with Crippen molar-refractivity contribution in [3.8, 4) is 0 Å². The first kappa shape index (κ1) is 13.2. The van der Waals surface area contributed by atoms with Crippen LogP contribution in [0, 0.1) is 6.92 Å². The van der Waals surface area contributed by atoms with E-state index >= 15 is 0 Å². The highest BCUT2D eigenvalue weighted by atomic mass is 35.5. The van der Waals surface area contributed by atoms with E-state index in [-0.39, 0.29) is 0 Å². The molecule has 0 radical (unpaired) electrons. The summed E-state index contributed by atoms with van der Waals surface area (Å²) in [5, 5.41) is 5.68. The van der Waals surface area contributed by atoms with Crippen LogP contribution >= 0.6 is 11.8 Å². The first-order chi connectivity index (χ1) is 10.7. The van der Waals surface area contributed by atoms with Crippen molar-refractivity contribution in [1.82, 2.24) is 9.07 Å². The minimum atomic E-state index is 0.782. The van der Waals surface area contributed by atoms with Gasteiger partial charge in [-0.15, -0.1) is 0 Å². The molecule has 3 aromatic carbocycles. The average molecular weight is 308 g/mol. The molecule has 4 rings (SSSR count). The Morgan fingerprint density at radius 3 is 2.55 bits per heavy atom. The number of nitrogens with zero attached hydrogens (tertiary/aromatic N) is 2. The number of halogens is 1. The Labute approximate surface area is 133 Å². The van der Waals surface area contributed by atoms with Gasteiger partial charge in [0.1, 0.15) is 11.3 Å². The van der Waals surface area contributed by atoms with Crippen molar-refractivity contribution in [2.75, 3.05) is 5.32 Å². The van der Waals surface area contributed by atoms with Crippen LogP contribution in [0.25, 0.3) is 21.8 Å². The number of fused-ring (bicyclic) bond motifs is 3. The van der Waals surface area contributed by atoms with Gasteiger partial charge in [0.15, 0.2) is 0 Å². The molecule has 0 unspecified atom stereocenters. The lowest BCUT2D eigenvalue weighted by Crippen LogP contribution is -1.92. The van der Waals surface area contributed by atoms with Gasteiger partial charge >= 0.3 is 0 Å². The van der Waals surface area contributed by atoms with Crippen LogP contribution in [-0.4, -0.2) is 9.07 Å². The van der Waals surface area contributed by atoms with Crippen molar-refractivity contribution < 1.29 is 0 Å². The van der Waals surface area contributed by atoms with Crippen LogP contribution in [0.2, 0.25) is 0 Å². The Morgan fingerprint density at radius 2 is 1.73 bits per heavy atom. The summed E-state index contributed by atoms with van der Waals surface area (Å²) >= 11 is 6.42. The first-order valence-electron chi connectivity index (χ1n) is 7.13. The van der Waals surface area contributed by atoms with Crippen molar-refractivity contribution >= 4 is 45.0 Å². The summed E-state index contributed by atoms with van der Waals surface area (Å²) in [4.78, 5) is 4.63. The highest BCUT2D eigenvalue weighted by molar-refractivity contribution is 6.23. The Kier molecular flexibility index (Phi) is 3.01. The Hall–Kier alpha value is -2.52. The molecule has 0 saturated heterocycles. The normalized spacial score (nSPS) is 11.2. The summed E-state index contributed by atoms with van der Waals surface area (Å²) in [7, 11) is 0. The molecule has 0 bridgehead atoms. The maximum absolute atomic E-state index is 6.42. The number of nitrogens with one attached hydrogen (secondary N) is 1. The van der Waals surface area contributed by atoms with E-state index in [1.807, 2.05) is 49.4 Å². The molecule has 1 heterocycles. The quantitative estimate of drug-likeness (QED) is 0.548. The SMILES string of the molecule is Cc1nc2c(Nc3ccccc3)cc3ccccc3c2n1Cl. The number of rotatable bonds is 2. The molecule has 0 aliphatic heterocycles. The van der Waals surface area contributed by atoms with Crippen molar-refractivity contribution in [2.24, 2.45) is 0 Å². The second-order valence-corrected chi connectivity index (χ2v) is 5.61. The zero-order valence-corrected chi connectivity index (χ0v) is 12.8. The lowest BCUT2D eigenvalue weighted by Gasteiger charge is -2.09. The van der Waals surface area contributed by atoms with Crippen molar-refractivity contribution in [1.29, 1.82) is 0 Å². The number of para-hydroxylation sites is 1. The highest BCUT2D eigenvalue weighted by Gasteiger charge is 2.14. The monoisotopic (exact) mass is 307 g/mol. The van der Waals surface area contributed by atoms with Gasteiger partial charge in [0.2, 0.25) is 0 Å². The molecule has 1 N–H and O–H groups in total. The van der Waals surface area contributed by atoms with Crippen molar-refractivity contribution in [3.05, 3.63) is 66.5 Å². The second kappa shape index (κ2) is 5.04. The van der Waals surface area contributed by atoms with Gasteiger partial charge in [-0.2, -0.15) is 0 Å². The zero-order valence-electron chi connectivity index (χ0n) is 12.0. The van der Waals surface area contributed by atoms with E-state index in [4.69, 9.17) is 11.8 Å². The fourth-order valence-electron chi connectivity index (χ4n) is 2.77. The van der Waals surface area contributed by atoms with Gasteiger partial charge in [0.05, 0.1) is 11.2 Å². The van der Waals surface area contributed by atoms with Crippen LogP contribution in [-0.2, 0) is 0 Å². The van der Waals surface area contributed by atoms with Crippen LogP contribution in [0.5, 0.6) is 0 Å². The number of hydrogen-bond acceptors (Lipinski definition) is 2. The Bertz CT molecular complexity index is 974. The standard InChI is InChI=1S/C18H14ClN3/c1-12-20-17-16(21-14-8-3-2-4-9-14)11-13-7-5-6-10-15(13)18(17)22(12)19/h2-11,21H,1H3. The van der Waals surface area contributed by atoms with Crippen LogP contribution in [0.3, 0.4) is 0 Å². The van der Waals surface area contributed by atoms with E-state index in [2.05, 4.69) is 28.5 Å². The molecular formula is C18H14ClN3. The maximum Gasteiger partial charge on any atom is 0.122 e. The number of benzene rings is 3. The molecular weight excluding hydrogens is 294 g/mol. The van der Waals surface area contributed by atoms with Gasteiger partial charge in [-0.25, -0.2) is 9.07 Å². The molecule has 108 valence electrons. The number of imidazole rings is 1. The number of hydrogen-bond donors (Lipinski definition) is 1. The number of aryl methyl sites for hydroxylation is 1. The molecule has 3 nitrogen and oxygen atoms in total. The minimum Gasteiger partial charge on any atom is -0.354 e. The lowest BCUT2D eigenvalue weighted by molar-refractivity contribution is 1.11. The average Bonchev–Trinajstić information content (AvgIpc) is 2.85. The third kappa shape index (κ3) is 2.02. The second-order valence-electron chi connectivity index (χ2n) is 5.27. The summed E-state index contributed by atoms with van der Waals surface area (Å²) < 4.78 is 1.63. The molecule has 0 atom stereocenters. The minimum absolute atomic E-state index is 0.782.